The molecule has 1 aromatic heterocycles. The van der Waals surface area contributed by atoms with Gasteiger partial charge in [0.1, 0.15) is 6.54 Å². The van der Waals surface area contributed by atoms with Crippen molar-refractivity contribution >= 4 is 44.3 Å². The second kappa shape index (κ2) is 14.5. The van der Waals surface area contributed by atoms with Gasteiger partial charge in [-0.05, 0) is 97.2 Å². The second-order valence-electron chi connectivity index (χ2n) is 16.8. The zero-order valence-corrected chi connectivity index (χ0v) is 33.0. The molecule has 2 unspecified atom stereocenters. The molecule has 0 N–H and O–H groups in total. The molecule has 4 aliphatic rings. The standard InChI is InChI=1S/C50H58N4/c1-6-44-43(27-29-52(40-21-12-8-13-22-40)36(4)32-35(3)51(5)39-19-10-7-11-20-39)48-42-25-17-16-18-37(42)33-46-49(48)50-47-38(26-28-53(44)50)30-34(2)31-45(47)54(46)41-23-14-9-15-24-41/h6,9,14-18,23-26,28,30-33,39-40,43-44H,1,7-8,10-13,19-22,27,29H2,2-5H3/q+2. The summed E-state index contributed by atoms with van der Waals surface area (Å²) >= 11 is 0. The molecule has 4 aromatic carbocycles. The average molecular weight is 715 g/mol. The SMILES string of the molecule is C=CC1C(CC/[N+](=C(C)\C=C(\C)N(C)C2CCCCC2)C2CCCCC2)c2c3c(cc4ccccc24)N(c2ccccc2)c2cc(C)cc4cc[n+]1c-3c24. The highest BCUT2D eigenvalue weighted by Gasteiger charge is 2.46. The van der Waals surface area contributed by atoms with Crippen molar-refractivity contribution in [2.45, 2.75) is 115 Å². The summed E-state index contributed by atoms with van der Waals surface area (Å²) in [6.07, 6.45) is 21.6. The van der Waals surface area contributed by atoms with Crippen LogP contribution < -0.4 is 9.47 Å². The third kappa shape index (κ3) is 5.97. The van der Waals surface area contributed by atoms with Crippen molar-refractivity contribution in [3.05, 3.63) is 121 Å². The Hall–Kier alpha value is -4.70. The predicted molar refractivity (Wildman–Crippen MR) is 228 cm³/mol. The minimum atomic E-state index is 0.149. The molecule has 0 radical (unpaired) electrons. The van der Waals surface area contributed by atoms with Crippen LogP contribution in [0.15, 0.2) is 109 Å². The lowest BCUT2D eigenvalue weighted by molar-refractivity contribution is -0.706. The number of aromatic nitrogens is 1. The van der Waals surface area contributed by atoms with Gasteiger partial charge in [0.05, 0.1) is 28.2 Å². The first-order valence-corrected chi connectivity index (χ1v) is 21.0. The van der Waals surface area contributed by atoms with Crippen LogP contribution in [0.2, 0.25) is 0 Å². The molecule has 2 fully saturated rings. The maximum absolute atomic E-state index is 4.57. The Morgan fingerprint density at radius 2 is 1.57 bits per heavy atom. The van der Waals surface area contributed by atoms with Crippen molar-refractivity contribution in [3.63, 3.8) is 0 Å². The average Bonchev–Trinajstić information content (AvgIpc) is 3.21. The van der Waals surface area contributed by atoms with Gasteiger partial charge in [0.15, 0.2) is 24.0 Å². The molecule has 2 saturated carbocycles. The molecular weight excluding hydrogens is 657 g/mol. The van der Waals surface area contributed by atoms with Gasteiger partial charge in [0, 0.05) is 62.8 Å². The van der Waals surface area contributed by atoms with Crippen LogP contribution in [0.4, 0.5) is 17.1 Å². The molecule has 2 aliphatic heterocycles. The fourth-order valence-corrected chi connectivity index (χ4v) is 10.9. The van der Waals surface area contributed by atoms with Crippen LogP contribution in [0, 0.1) is 6.92 Å². The number of nitrogens with zero attached hydrogens (tertiary/aromatic N) is 4. The molecule has 9 rings (SSSR count). The van der Waals surface area contributed by atoms with Gasteiger partial charge in [0.25, 0.3) is 0 Å². The van der Waals surface area contributed by atoms with Gasteiger partial charge < -0.3 is 9.80 Å². The van der Waals surface area contributed by atoms with Crippen molar-refractivity contribution in [2.75, 3.05) is 18.5 Å². The Morgan fingerprint density at radius 1 is 0.852 bits per heavy atom. The van der Waals surface area contributed by atoms with Gasteiger partial charge in [0.2, 0.25) is 5.69 Å². The molecule has 2 aliphatic carbocycles. The van der Waals surface area contributed by atoms with E-state index in [1.165, 1.54) is 137 Å². The lowest BCUT2D eigenvalue weighted by Crippen LogP contribution is -2.48. The van der Waals surface area contributed by atoms with Gasteiger partial charge in [-0.2, -0.15) is 4.57 Å². The number of hydrogen-bond donors (Lipinski definition) is 0. The zero-order chi connectivity index (χ0) is 36.9. The summed E-state index contributed by atoms with van der Waals surface area (Å²) in [5.41, 5.74) is 12.1. The number of hydrogen-bond acceptors (Lipinski definition) is 2. The summed E-state index contributed by atoms with van der Waals surface area (Å²) in [5.74, 6) is 0.274. The highest BCUT2D eigenvalue weighted by atomic mass is 15.2. The highest BCUT2D eigenvalue weighted by molar-refractivity contribution is 6.15. The number of anilines is 3. The topological polar surface area (TPSA) is 13.4 Å². The van der Waals surface area contributed by atoms with Crippen LogP contribution in [0.25, 0.3) is 32.8 Å². The number of para-hydroxylation sites is 1. The number of benzene rings is 4. The maximum atomic E-state index is 4.57. The minimum absolute atomic E-state index is 0.149. The smallest absolute Gasteiger partial charge is 0.225 e. The van der Waals surface area contributed by atoms with Gasteiger partial charge in [-0.25, -0.2) is 4.58 Å². The first kappa shape index (κ1) is 35.0. The molecule has 3 heterocycles. The third-order valence-electron chi connectivity index (χ3n) is 13.6. The van der Waals surface area contributed by atoms with Crippen molar-refractivity contribution in [1.82, 2.24) is 4.90 Å². The third-order valence-corrected chi connectivity index (χ3v) is 13.6. The maximum Gasteiger partial charge on any atom is 0.225 e. The van der Waals surface area contributed by atoms with Crippen LogP contribution in [0.1, 0.15) is 108 Å². The molecule has 54 heavy (non-hydrogen) atoms. The van der Waals surface area contributed by atoms with Gasteiger partial charge >= 0.3 is 0 Å². The van der Waals surface area contributed by atoms with Crippen LogP contribution in [-0.2, 0) is 0 Å². The Labute approximate surface area is 323 Å². The van der Waals surface area contributed by atoms with Crippen LogP contribution >= 0.6 is 0 Å². The van der Waals surface area contributed by atoms with E-state index in [4.69, 9.17) is 0 Å². The molecule has 5 aromatic rings. The zero-order valence-electron chi connectivity index (χ0n) is 33.0. The molecule has 4 nitrogen and oxygen atoms in total. The Morgan fingerprint density at radius 3 is 2.33 bits per heavy atom. The lowest BCUT2D eigenvalue weighted by atomic mass is 9.75. The summed E-state index contributed by atoms with van der Waals surface area (Å²) in [5, 5.41) is 5.34. The fraction of sp³-hybridized carbons (Fsp3) is 0.400. The number of fused-ring (bicyclic) bond motifs is 2. The van der Waals surface area contributed by atoms with Crippen molar-refractivity contribution in [1.29, 1.82) is 0 Å². The number of aryl methyl sites for hydroxylation is 1. The van der Waals surface area contributed by atoms with Crippen molar-refractivity contribution < 1.29 is 9.14 Å². The monoisotopic (exact) mass is 714 g/mol. The Bertz CT molecular complexity index is 2290. The van der Waals surface area contributed by atoms with E-state index in [-0.39, 0.29) is 12.0 Å². The molecule has 4 heteroatoms. The van der Waals surface area contributed by atoms with Crippen LogP contribution in [0.5, 0.6) is 0 Å². The molecule has 2 atom stereocenters. The van der Waals surface area contributed by atoms with Crippen molar-refractivity contribution in [2.24, 2.45) is 0 Å². The molecule has 0 amide bonds. The van der Waals surface area contributed by atoms with Crippen molar-refractivity contribution in [3.8, 4) is 11.3 Å². The lowest BCUT2D eigenvalue weighted by Gasteiger charge is -2.39. The minimum Gasteiger partial charge on any atom is -0.375 e. The highest BCUT2D eigenvalue weighted by Crippen LogP contribution is 2.57. The van der Waals surface area contributed by atoms with Gasteiger partial charge in [-0.15, -0.1) is 0 Å². The first-order valence-electron chi connectivity index (χ1n) is 21.0. The van der Waals surface area contributed by atoms with E-state index in [0.29, 0.717) is 12.1 Å². The van der Waals surface area contributed by atoms with Crippen LogP contribution in [0.3, 0.4) is 0 Å². The largest absolute Gasteiger partial charge is 0.375 e. The van der Waals surface area contributed by atoms with E-state index < -0.39 is 0 Å². The van der Waals surface area contributed by atoms with E-state index >= 15 is 0 Å². The Balaban J connectivity index is 1.21. The molecule has 0 saturated heterocycles. The summed E-state index contributed by atoms with van der Waals surface area (Å²) < 4.78 is 5.42. The summed E-state index contributed by atoms with van der Waals surface area (Å²) in [6, 6.07) is 31.2. The van der Waals surface area contributed by atoms with E-state index in [1.54, 1.807) is 0 Å². The molecule has 276 valence electrons. The summed E-state index contributed by atoms with van der Waals surface area (Å²) in [6.45, 7) is 12.6. The first-order chi connectivity index (χ1) is 26.4. The second-order valence-corrected chi connectivity index (χ2v) is 16.8. The quantitative estimate of drug-likeness (QED) is 0.0840. The van der Waals surface area contributed by atoms with E-state index in [0.717, 1.165) is 13.0 Å². The Kier molecular flexibility index (Phi) is 9.41. The predicted octanol–water partition coefficient (Wildman–Crippen LogP) is 12.2. The molecule has 0 spiro atoms. The van der Waals surface area contributed by atoms with Crippen LogP contribution in [-0.4, -0.2) is 40.9 Å². The summed E-state index contributed by atoms with van der Waals surface area (Å²) in [7, 11) is 2.34. The number of pyridine rings is 1. The fourth-order valence-electron chi connectivity index (χ4n) is 10.9. The van der Waals surface area contributed by atoms with E-state index in [1.807, 2.05) is 0 Å². The molecule has 0 bridgehead atoms. The van der Waals surface area contributed by atoms with Gasteiger partial charge in [-0.3, -0.25) is 0 Å². The van der Waals surface area contributed by atoms with E-state index in [2.05, 4.69) is 151 Å². The molecular formula is C50H58N4+2. The van der Waals surface area contributed by atoms with E-state index in [9.17, 15) is 0 Å². The normalized spacial score (nSPS) is 20.7. The summed E-state index contributed by atoms with van der Waals surface area (Å²) in [4.78, 5) is 5.14. The van der Waals surface area contributed by atoms with Gasteiger partial charge in [-0.1, -0.05) is 80.8 Å². The number of allylic oxidation sites excluding steroid dienone is 3. The number of rotatable bonds is 9.